The number of esters is 1. The van der Waals surface area contributed by atoms with Crippen LogP contribution >= 0.6 is 11.8 Å². The van der Waals surface area contributed by atoms with Crippen LogP contribution < -0.4 is 9.47 Å². The molecule has 0 radical (unpaired) electrons. The number of thioether (sulfide) groups is 1. The van der Waals surface area contributed by atoms with Gasteiger partial charge in [-0.2, -0.15) is 0 Å². The lowest BCUT2D eigenvalue weighted by atomic mass is 10.2. The zero-order valence-electron chi connectivity index (χ0n) is 18.4. The number of carbonyl (C=O) groups excluding carboxylic acids is 1. The fourth-order valence-electron chi connectivity index (χ4n) is 3.16. The lowest BCUT2D eigenvalue weighted by Gasteiger charge is -2.18. The molecular weight excluding hydrogens is 418 g/mol. The van der Waals surface area contributed by atoms with E-state index in [0.29, 0.717) is 47.0 Å². The highest BCUT2D eigenvalue weighted by molar-refractivity contribution is 8.00. The molecule has 0 fully saturated rings. The van der Waals surface area contributed by atoms with Gasteiger partial charge in [0, 0.05) is 0 Å². The molecule has 0 amide bonds. The number of methoxy groups -OCH3 is 2. The normalized spacial score (nSPS) is 11.9. The zero-order chi connectivity index (χ0) is 22.4. The lowest BCUT2D eigenvalue weighted by Crippen LogP contribution is -2.21. The van der Waals surface area contributed by atoms with Crippen molar-refractivity contribution in [1.29, 1.82) is 0 Å². The highest BCUT2D eigenvalue weighted by atomic mass is 32.2. The van der Waals surface area contributed by atoms with Gasteiger partial charge < -0.3 is 18.6 Å². The molecule has 3 rings (SSSR count). The first-order valence-electron chi connectivity index (χ1n) is 10.1. The minimum atomic E-state index is -0.417. The van der Waals surface area contributed by atoms with Crippen LogP contribution in [0.5, 0.6) is 11.5 Å². The Labute approximate surface area is 185 Å². The number of para-hydroxylation sites is 1. The molecule has 1 unspecified atom stereocenters. The average Bonchev–Trinajstić information content (AvgIpc) is 3.38. The molecule has 0 aliphatic carbocycles. The third kappa shape index (κ3) is 4.87. The highest BCUT2D eigenvalue weighted by Crippen LogP contribution is 2.40. The smallest absolute Gasteiger partial charge is 0.319 e. The second kappa shape index (κ2) is 10.4. The Hall–Kier alpha value is -2.94. The van der Waals surface area contributed by atoms with Gasteiger partial charge in [-0.05, 0) is 44.5 Å². The number of rotatable bonds is 10. The molecular formula is C22H27N3O5S. The maximum Gasteiger partial charge on any atom is 0.319 e. The van der Waals surface area contributed by atoms with Crippen LogP contribution in [0.3, 0.4) is 0 Å². The van der Waals surface area contributed by atoms with E-state index in [0.717, 1.165) is 12.2 Å². The summed E-state index contributed by atoms with van der Waals surface area (Å²) in [4.78, 5) is 12.5. The van der Waals surface area contributed by atoms with E-state index >= 15 is 0 Å². The van der Waals surface area contributed by atoms with Crippen LogP contribution in [-0.2, 0) is 9.53 Å². The molecule has 0 spiro atoms. The van der Waals surface area contributed by atoms with Gasteiger partial charge in [-0.1, -0.05) is 31.2 Å². The number of hydrogen-bond donors (Lipinski definition) is 0. The van der Waals surface area contributed by atoms with Crippen molar-refractivity contribution in [3.05, 3.63) is 36.1 Å². The van der Waals surface area contributed by atoms with E-state index in [4.69, 9.17) is 18.6 Å². The van der Waals surface area contributed by atoms with Gasteiger partial charge in [0.15, 0.2) is 10.9 Å². The summed E-state index contributed by atoms with van der Waals surface area (Å²) in [7, 11) is 3.18. The van der Waals surface area contributed by atoms with Crippen molar-refractivity contribution < 1.29 is 23.4 Å². The number of benzene rings is 1. The largest absolute Gasteiger partial charge is 0.494 e. The van der Waals surface area contributed by atoms with E-state index in [-0.39, 0.29) is 5.97 Å². The third-order valence-electron chi connectivity index (χ3n) is 4.57. The van der Waals surface area contributed by atoms with Crippen LogP contribution in [0.15, 0.2) is 39.9 Å². The second-order valence-electron chi connectivity index (χ2n) is 6.71. The number of carbonyl (C=O) groups is 1. The molecule has 1 aromatic carbocycles. The summed E-state index contributed by atoms with van der Waals surface area (Å²) < 4.78 is 24.1. The Morgan fingerprint density at radius 2 is 1.84 bits per heavy atom. The third-order valence-corrected chi connectivity index (χ3v) is 5.76. The number of hydrogen-bond acceptors (Lipinski definition) is 8. The predicted molar refractivity (Wildman–Crippen MR) is 118 cm³/mol. The summed E-state index contributed by atoms with van der Waals surface area (Å²) in [6.07, 6.45) is 1.47. The van der Waals surface area contributed by atoms with Crippen LogP contribution in [0.2, 0.25) is 0 Å². The lowest BCUT2D eigenvalue weighted by molar-refractivity contribution is -0.142. The van der Waals surface area contributed by atoms with Gasteiger partial charge in [0.05, 0.1) is 20.8 Å². The zero-order valence-corrected chi connectivity index (χ0v) is 19.2. The molecule has 0 aliphatic heterocycles. The van der Waals surface area contributed by atoms with Crippen molar-refractivity contribution in [3.63, 3.8) is 0 Å². The van der Waals surface area contributed by atoms with Crippen LogP contribution in [0.1, 0.15) is 32.4 Å². The van der Waals surface area contributed by atoms with Crippen LogP contribution in [0.25, 0.3) is 17.3 Å². The van der Waals surface area contributed by atoms with Gasteiger partial charge >= 0.3 is 5.97 Å². The fourth-order valence-corrected chi connectivity index (χ4v) is 4.31. The van der Waals surface area contributed by atoms with Gasteiger partial charge in [-0.3, -0.25) is 9.36 Å². The van der Waals surface area contributed by atoms with Gasteiger partial charge in [0.2, 0.25) is 5.82 Å². The number of ether oxygens (including phenoxy) is 3. The molecule has 0 saturated carbocycles. The summed E-state index contributed by atoms with van der Waals surface area (Å²) in [6.45, 7) is 6.01. The SMILES string of the molecule is CCCC(Sc1nnc(-c2ccc(C)o2)n1-c1c(OC)cccc1OC)C(=O)OCC. The highest BCUT2D eigenvalue weighted by Gasteiger charge is 2.28. The Bertz CT molecular complexity index is 1010. The minimum absolute atomic E-state index is 0.272. The maximum absolute atomic E-state index is 12.5. The molecule has 8 nitrogen and oxygen atoms in total. The molecule has 1 atom stereocenters. The maximum atomic E-state index is 12.5. The van der Waals surface area contributed by atoms with Gasteiger partial charge in [-0.25, -0.2) is 0 Å². The molecule has 166 valence electrons. The summed E-state index contributed by atoms with van der Waals surface area (Å²) in [5.74, 6) is 2.67. The number of furan rings is 1. The Balaban J connectivity index is 2.18. The first kappa shape index (κ1) is 22.7. The van der Waals surface area contributed by atoms with E-state index in [1.807, 2.05) is 48.7 Å². The molecule has 0 N–H and O–H groups in total. The Kier molecular flexibility index (Phi) is 7.62. The first-order valence-corrected chi connectivity index (χ1v) is 11.0. The van der Waals surface area contributed by atoms with Crippen molar-refractivity contribution in [2.45, 2.75) is 44.0 Å². The molecule has 0 saturated heterocycles. The number of aromatic nitrogens is 3. The minimum Gasteiger partial charge on any atom is -0.494 e. The predicted octanol–water partition coefficient (Wildman–Crippen LogP) is 4.68. The quantitative estimate of drug-likeness (QED) is 0.328. The van der Waals surface area contributed by atoms with Crippen molar-refractivity contribution in [2.24, 2.45) is 0 Å². The van der Waals surface area contributed by atoms with Crippen LogP contribution in [0, 0.1) is 6.92 Å². The summed E-state index contributed by atoms with van der Waals surface area (Å²) in [5.41, 5.74) is 0.628. The van der Waals surface area contributed by atoms with Crippen molar-refractivity contribution in [3.8, 4) is 28.8 Å². The second-order valence-corrected chi connectivity index (χ2v) is 7.88. The molecule has 0 aliphatic rings. The van der Waals surface area contributed by atoms with Crippen molar-refractivity contribution >= 4 is 17.7 Å². The average molecular weight is 446 g/mol. The number of nitrogens with zero attached hydrogens (tertiary/aromatic N) is 3. The standard InChI is InChI=1S/C22H27N3O5S/c1-6-9-18(21(26)29-7-2)31-22-24-23-20(17-13-12-14(3)30-17)25(22)19-15(27-4)10-8-11-16(19)28-5/h8,10-13,18H,6-7,9H2,1-5H3. The number of aryl methyl sites for hydroxylation is 1. The van der Waals surface area contributed by atoms with Gasteiger partial charge in [0.25, 0.3) is 0 Å². The fraction of sp³-hybridized carbons (Fsp3) is 0.409. The van der Waals surface area contributed by atoms with Crippen LogP contribution in [-0.4, -0.2) is 46.8 Å². The summed E-state index contributed by atoms with van der Waals surface area (Å²) in [5, 5.41) is 8.87. The Morgan fingerprint density at radius 3 is 2.39 bits per heavy atom. The molecule has 9 heteroatoms. The van der Waals surface area contributed by atoms with Gasteiger partial charge in [-0.15, -0.1) is 10.2 Å². The van der Waals surface area contributed by atoms with E-state index in [9.17, 15) is 4.79 Å². The van der Waals surface area contributed by atoms with E-state index in [2.05, 4.69) is 10.2 Å². The van der Waals surface area contributed by atoms with E-state index < -0.39 is 5.25 Å². The van der Waals surface area contributed by atoms with E-state index in [1.165, 1.54) is 11.8 Å². The molecule has 31 heavy (non-hydrogen) atoms. The molecule has 0 bridgehead atoms. The van der Waals surface area contributed by atoms with Crippen molar-refractivity contribution in [2.75, 3.05) is 20.8 Å². The summed E-state index contributed by atoms with van der Waals surface area (Å²) in [6, 6.07) is 9.20. The van der Waals surface area contributed by atoms with E-state index in [1.54, 1.807) is 21.1 Å². The molecule has 2 aromatic heterocycles. The monoisotopic (exact) mass is 445 g/mol. The topological polar surface area (TPSA) is 88.6 Å². The first-order chi connectivity index (χ1) is 15.0. The van der Waals surface area contributed by atoms with Gasteiger partial charge in [0.1, 0.15) is 28.2 Å². The molecule has 2 heterocycles. The molecule has 3 aromatic rings. The van der Waals surface area contributed by atoms with Crippen LogP contribution in [0.4, 0.5) is 0 Å². The van der Waals surface area contributed by atoms with Crippen molar-refractivity contribution in [1.82, 2.24) is 14.8 Å². The summed E-state index contributed by atoms with van der Waals surface area (Å²) >= 11 is 1.31. The Morgan fingerprint density at radius 1 is 1.13 bits per heavy atom.